The summed E-state index contributed by atoms with van der Waals surface area (Å²) in [6.07, 6.45) is -3.52. The van der Waals surface area contributed by atoms with Crippen LogP contribution in [0, 0.1) is 0 Å². The Balaban J connectivity index is 1.67. The first-order valence-corrected chi connectivity index (χ1v) is 9.04. The molecule has 0 saturated heterocycles. The van der Waals surface area contributed by atoms with E-state index in [1.54, 1.807) is 4.68 Å². The van der Waals surface area contributed by atoms with E-state index in [4.69, 9.17) is 5.10 Å². The molecule has 2 heterocycles. The molecule has 0 aliphatic carbocycles. The zero-order valence-electron chi connectivity index (χ0n) is 14.8. The molecule has 1 aliphatic heterocycles. The highest BCUT2D eigenvalue weighted by Crippen LogP contribution is 2.38. The van der Waals surface area contributed by atoms with Gasteiger partial charge in [-0.1, -0.05) is 42.5 Å². The number of benzene rings is 3. The number of nitrogens with one attached hydrogen (secondary N) is 1. The Labute approximate surface area is 159 Å². The fraction of sp³-hybridized carbons (Fsp3) is 0.136. The first kappa shape index (κ1) is 16.9. The van der Waals surface area contributed by atoms with E-state index in [2.05, 4.69) is 23.5 Å². The van der Waals surface area contributed by atoms with E-state index in [-0.39, 0.29) is 0 Å². The highest BCUT2D eigenvalue weighted by atomic mass is 19.4. The van der Waals surface area contributed by atoms with Crippen molar-refractivity contribution in [2.45, 2.75) is 12.6 Å². The summed E-state index contributed by atoms with van der Waals surface area (Å²) in [4.78, 5) is 0. The van der Waals surface area contributed by atoms with Crippen LogP contribution < -0.4 is 5.32 Å². The molecule has 0 radical (unpaired) electrons. The Morgan fingerprint density at radius 1 is 0.893 bits per heavy atom. The number of rotatable bonds is 2. The Hall–Kier alpha value is -3.28. The van der Waals surface area contributed by atoms with Crippen LogP contribution in [0.4, 0.5) is 19.0 Å². The molecule has 3 aromatic carbocycles. The Morgan fingerprint density at radius 3 is 2.43 bits per heavy atom. The fourth-order valence-corrected chi connectivity index (χ4v) is 3.80. The second-order valence-corrected chi connectivity index (χ2v) is 6.84. The van der Waals surface area contributed by atoms with Crippen molar-refractivity contribution >= 4 is 16.6 Å². The highest BCUT2D eigenvalue weighted by molar-refractivity contribution is 5.97. The number of hydrogen-bond donors (Lipinski definition) is 1. The SMILES string of the molecule is FC(F)(F)c1ccc(-n2nc(-c3cccc4ccccc34)c3c2NCC3)cc1. The Morgan fingerprint density at radius 2 is 1.64 bits per heavy atom. The summed E-state index contributed by atoms with van der Waals surface area (Å²) in [6.45, 7) is 0.783. The molecule has 0 atom stereocenters. The standard InChI is InChI=1S/C22H16F3N3/c23-22(24,25)15-8-10-16(11-9-15)28-21-19(12-13-26-21)20(27-28)18-7-3-5-14-4-1-2-6-17(14)18/h1-11,26H,12-13H2. The van der Waals surface area contributed by atoms with Crippen LogP contribution in [0.3, 0.4) is 0 Å². The number of hydrogen-bond acceptors (Lipinski definition) is 2. The first-order chi connectivity index (χ1) is 13.5. The maximum absolute atomic E-state index is 12.9. The summed E-state index contributed by atoms with van der Waals surface area (Å²) in [5.74, 6) is 0.850. The molecular formula is C22H16F3N3. The van der Waals surface area contributed by atoms with Gasteiger partial charge in [0.15, 0.2) is 0 Å². The minimum Gasteiger partial charge on any atom is -0.369 e. The second kappa shape index (κ2) is 6.12. The average molecular weight is 379 g/mol. The van der Waals surface area contributed by atoms with E-state index < -0.39 is 11.7 Å². The third kappa shape index (κ3) is 2.64. The topological polar surface area (TPSA) is 29.9 Å². The van der Waals surface area contributed by atoms with Gasteiger partial charge in [0.1, 0.15) is 5.82 Å². The summed E-state index contributed by atoms with van der Waals surface area (Å²) in [6, 6.07) is 19.3. The maximum Gasteiger partial charge on any atom is 0.416 e. The zero-order valence-corrected chi connectivity index (χ0v) is 14.8. The van der Waals surface area contributed by atoms with Gasteiger partial charge in [-0.2, -0.15) is 18.3 Å². The smallest absolute Gasteiger partial charge is 0.369 e. The summed E-state index contributed by atoms with van der Waals surface area (Å²) < 4.78 is 40.3. The van der Waals surface area contributed by atoms with Crippen molar-refractivity contribution in [3.8, 4) is 16.9 Å². The van der Waals surface area contributed by atoms with Crippen molar-refractivity contribution in [1.82, 2.24) is 9.78 Å². The molecule has 0 amide bonds. The molecule has 4 aromatic rings. The molecule has 140 valence electrons. The van der Waals surface area contributed by atoms with E-state index in [1.165, 1.54) is 12.1 Å². The van der Waals surface area contributed by atoms with E-state index in [1.807, 2.05) is 24.3 Å². The molecule has 28 heavy (non-hydrogen) atoms. The molecule has 0 saturated carbocycles. The van der Waals surface area contributed by atoms with E-state index >= 15 is 0 Å². The first-order valence-electron chi connectivity index (χ1n) is 9.04. The third-order valence-corrected chi connectivity index (χ3v) is 5.13. The molecule has 1 aliphatic rings. The predicted molar refractivity (Wildman–Crippen MR) is 104 cm³/mol. The number of aromatic nitrogens is 2. The van der Waals surface area contributed by atoms with Gasteiger partial charge in [-0.25, -0.2) is 4.68 Å². The van der Waals surface area contributed by atoms with Gasteiger partial charge in [0.25, 0.3) is 0 Å². The highest BCUT2D eigenvalue weighted by Gasteiger charge is 2.30. The molecule has 1 aromatic heterocycles. The molecule has 1 N–H and O–H groups in total. The number of nitrogens with zero attached hydrogens (tertiary/aromatic N) is 2. The molecule has 0 bridgehead atoms. The van der Waals surface area contributed by atoms with Crippen LogP contribution in [0.5, 0.6) is 0 Å². The number of halogens is 3. The molecule has 3 nitrogen and oxygen atoms in total. The third-order valence-electron chi connectivity index (χ3n) is 5.13. The van der Waals surface area contributed by atoms with Crippen molar-refractivity contribution in [2.75, 3.05) is 11.9 Å². The van der Waals surface area contributed by atoms with Crippen LogP contribution in [0.2, 0.25) is 0 Å². The van der Waals surface area contributed by atoms with Crippen LogP contribution >= 0.6 is 0 Å². The van der Waals surface area contributed by atoms with Crippen molar-refractivity contribution in [2.24, 2.45) is 0 Å². The molecule has 5 rings (SSSR count). The largest absolute Gasteiger partial charge is 0.416 e. The predicted octanol–water partition coefficient (Wildman–Crippen LogP) is 5.68. The van der Waals surface area contributed by atoms with E-state index in [0.29, 0.717) is 5.69 Å². The van der Waals surface area contributed by atoms with Crippen molar-refractivity contribution in [3.05, 3.63) is 77.9 Å². The van der Waals surface area contributed by atoms with Gasteiger partial charge in [-0.05, 0) is 41.5 Å². The van der Waals surface area contributed by atoms with Crippen molar-refractivity contribution < 1.29 is 13.2 Å². The Bertz CT molecular complexity index is 1170. The monoisotopic (exact) mass is 379 g/mol. The lowest BCUT2D eigenvalue weighted by molar-refractivity contribution is -0.137. The summed E-state index contributed by atoms with van der Waals surface area (Å²) in [7, 11) is 0. The van der Waals surface area contributed by atoms with Crippen LogP contribution in [0.25, 0.3) is 27.7 Å². The van der Waals surface area contributed by atoms with Crippen LogP contribution in [0.1, 0.15) is 11.1 Å². The number of alkyl halides is 3. The molecular weight excluding hydrogens is 363 g/mol. The van der Waals surface area contributed by atoms with Crippen molar-refractivity contribution in [3.63, 3.8) is 0 Å². The molecule has 6 heteroatoms. The van der Waals surface area contributed by atoms with Crippen molar-refractivity contribution in [1.29, 1.82) is 0 Å². The second-order valence-electron chi connectivity index (χ2n) is 6.84. The average Bonchev–Trinajstić information content (AvgIpc) is 3.30. The number of anilines is 1. The van der Waals surface area contributed by atoms with Gasteiger partial charge in [-0.3, -0.25) is 0 Å². The maximum atomic E-state index is 12.9. The van der Waals surface area contributed by atoms with Gasteiger partial charge in [0, 0.05) is 17.7 Å². The van der Waals surface area contributed by atoms with E-state index in [9.17, 15) is 13.2 Å². The molecule has 0 fully saturated rings. The normalized spacial score (nSPS) is 13.5. The van der Waals surface area contributed by atoms with Gasteiger partial charge >= 0.3 is 6.18 Å². The fourth-order valence-electron chi connectivity index (χ4n) is 3.80. The molecule has 0 unspecified atom stereocenters. The lowest BCUT2D eigenvalue weighted by Crippen LogP contribution is -2.07. The van der Waals surface area contributed by atoms with Crippen LogP contribution in [-0.4, -0.2) is 16.3 Å². The lowest BCUT2D eigenvalue weighted by Gasteiger charge is -2.09. The van der Waals surface area contributed by atoms with Crippen LogP contribution in [0.15, 0.2) is 66.7 Å². The summed E-state index contributed by atoms with van der Waals surface area (Å²) in [5.41, 5.74) is 2.93. The Kier molecular flexibility index (Phi) is 3.69. The number of fused-ring (bicyclic) bond motifs is 2. The van der Waals surface area contributed by atoms with Gasteiger partial charge in [-0.15, -0.1) is 0 Å². The molecule has 0 spiro atoms. The minimum absolute atomic E-state index is 0.602. The quantitative estimate of drug-likeness (QED) is 0.486. The van der Waals surface area contributed by atoms with Crippen LogP contribution in [-0.2, 0) is 12.6 Å². The zero-order chi connectivity index (χ0) is 19.3. The summed E-state index contributed by atoms with van der Waals surface area (Å²) >= 11 is 0. The minimum atomic E-state index is -4.35. The lowest BCUT2D eigenvalue weighted by atomic mass is 9.99. The summed E-state index contributed by atoms with van der Waals surface area (Å²) in [5, 5.41) is 10.4. The van der Waals surface area contributed by atoms with Gasteiger partial charge in [0.05, 0.1) is 16.9 Å². The van der Waals surface area contributed by atoms with Gasteiger partial charge < -0.3 is 5.32 Å². The van der Waals surface area contributed by atoms with E-state index in [0.717, 1.165) is 58.5 Å². The van der Waals surface area contributed by atoms with Gasteiger partial charge in [0.2, 0.25) is 0 Å².